The highest BCUT2D eigenvalue weighted by Crippen LogP contribution is 2.32. The van der Waals surface area contributed by atoms with E-state index in [0.717, 1.165) is 5.39 Å². The van der Waals surface area contributed by atoms with Crippen LogP contribution in [0.3, 0.4) is 0 Å². The van der Waals surface area contributed by atoms with Gasteiger partial charge in [-0.05, 0) is 51.1 Å². The van der Waals surface area contributed by atoms with Gasteiger partial charge in [0.2, 0.25) is 0 Å². The maximum Gasteiger partial charge on any atom is 0.274 e. The second-order valence-corrected chi connectivity index (χ2v) is 7.41. The highest BCUT2D eigenvalue weighted by atomic mass is 35.5. The Balaban J connectivity index is 1.99. The number of aromatic nitrogens is 2. The molecule has 0 unspecified atom stereocenters. The molecule has 150 valence electrons. The van der Waals surface area contributed by atoms with Crippen molar-refractivity contribution in [2.24, 2.45) is 7.05 Å². The van der Waals surface area contributed by atoms with Crippen LogP contribution in [0.2, 0.25) is 5.02 Å². The average molecular weight is 413 g/mol. The second-order valence-electron chi connectivity index (χ2n) is 7.04. The van der Waals surface area contributed by atoms with Crippen molar-refractivity contribution in [1.29, 1.82) is 5.26 Å². The number of rotatable bonds is 5. The average Bonchev–Trinajstić information content (AvgIpc) is 2.67. The van der Waals surface area contributed by atoms with Crippen LogP contribution in [0.25, 0.3) is 10.9 Å². The van der Waals surface area contributed by atoms with Gasteiger partial charge in [0.1, 0.15) is 28.2 Å². The smallest absolute Gasteiger partial charge is 0.274 e. The molecule has 7 nitrogen and oxygen atoms in total. The lowest BCUT2D eigenvalue weighted by molar-refractivity contribution is 0.243. The summed E-state index contributed by atoms with van der Waals surface area (Å²) < 4.78 is 6.93. The number of nitrogens with one attached hydrogen (secondary N) is 2. The first-order valence-electron chi connectivity index (χ1n) is 9.11. The van der Waals surface area contributed by atoms with Crippen molar-refractivity contribution in [3.63, 3.8) is 0 Å². The van der Waals surface area contributed by atoms with Crippen molar-refractivity contribution in [2.45, 2.75) is 32.9 Å². The van der Waals surface area contributed by atoms with Crippen LogP contribution in [0, 0.1) is 11.3 Å². The van der Waals surface area contributed by atoms with Crippen molar-refractivity contribution in [3.8, 4) is 11.8 Å². The van der Waals surface area contributed by atoms with Crippen molar-refractivity contribution >= 4 is 28.2 Å². The van der Waals surface area contributed by atoms with Gasteiger partial charge in [0, 0.05) is 18.0 Å². The second kappa shape index (κ2) is 8.02. The summed E-state index contributed by atoms with van der Waals surface area (Å²) in [6, 6.07) is 9.93. The molecular formula is C21H21ClN4O3. The predicted octanol–water partition coefficient (Wildman–Crippen LogP) is 3.71. The summed E-state index contributed by atoms with van der Waals surface area (Å²) in [4.78, 5) is 27.9. The van der Waals surface area contributed by atoms with Gasteiger partial charge in [-0.25, -0.2) is 0 Å². The molecule has 2 aromatic heterocycles. The molecule has 3 aromatic rings. The van der Waals surface area contributed by atoms with E-state index in [-0.39, 0.29) is 22.9 Å². The monoisotopic (exact) mass is 412 g/mol. The molecule has 29 heavy (non-hydrogen) atoms. The van der Waals surface area contributed by atoms with E-state index in [1.807, 2.05) is 26.0 Å². The molecule has 3 rings (SSSR count). The highest BCUT2D eigenvalue weighted by molar-refractivity contribution is 6.36. The standard InChI is InChI=1S/C21H21ClN4O3/c1-11(2)29-17-8-5-13-9-15(20(27)25-19(13)18(17)22)12(3)24-16-7-6-14(10-23)26(4)21(16)28/h5-9,11-12,24H,1-4H3,(H,25,27)/t12-/m0/s1. The normalized spacial score (nSPS) is 12.0. The first kappa shape index (κ1) is 20.5. The van der Waals surface area contributed by atoms with Crippen LogP contribution < -0.4 is 21.2 Å². The van der Waals surface area contributed by atoms with Gasteiger partial charge in [-0.3, -0.25) is 9.59 Å². The third-order valence-corrected chi connectivity index (χ3v) is 4.95. The molecule has 0 aliphatic carbocycles. The molecule has 0 aliphatic heterocycles. The Morgan fingerprint density at radius 2 is 1.93 bits per heavy atom. The van der Waals surface area contributed by atoms with E-state index in [4.69, 9.17) is 21.6 Å². The Morgan fingerprint density at radius 1 is 1.21 bits per heavy atom. The van der Waals surface area contributed by atoms with E-state index in [9.17, 15) is 9.59 Å². The van der Waals surface area contributed by atoms with Gasteiger partial charge in [0.25, 0.3) is 11.1 Å². The fraction of sp³-hybridized carbons (Fsp3) is 0.286. The fourth-order valence-electron chi connectivity index (χ4n) is 3.07. The Hall–Kier alpha value is -3.24. The van der Waals surface area contributed by atoms with Gasteiger partial charge in [0.05, 0.1) is 17.7 Å². The quantitative estimate of drug-likeness (QED) is 0.665. The topological polar surface area (TPSA) is 99.9 Å². The number of H-pyrrole nitrogens is 1. The summed E-state index contributed by atoms with van der Waals surface area (Å²) in [6.07, 6.45) is -0.0461. The number of anilines is 1. The first-order chi connectivity index (χ1) is 13.7. The van der Waals surface area contributed by atoms with E-state index in [2.05, 4.69) is 10.3 Å². The molecule has 0 saturated heterocycles. The number of pyridine rings is 2. The molecule has 0 saturated carbocycles. The molecule has 2 N–H and O–H groups in total. The van der Waals surface area contributed by atoms with Crippen molar-refractivity contribution < 1.29 is 4.74 Å². The molecule has 0 bridgehead atoms. The predicted molar refractivity (Wildman–Crippen MR) is 114 cm³/mol. The van der Waals surface area contributed by atoms with Crippen LogP contribution in [-0.4, -0.2) is 15.7 Å². The number of nitrogens with zero attached hydrogens (tertiary/aromatic N) is 2. The Morgan fingerprint density at radius 3 is 2.59 bits per heavy atom. The van der Waals surface area contributed by atoms with Crippen LogP contribution in [-0.2, 0) is 7.05 Å². The molecular weight excluding hydrogens is 392 g/mol. The maximum atomic E-state index is 12.7. The lowest BCUT2D eigenvalue weighted by atomic mass is 10.1. The van der Waals surface area contributed by atoms with Crippen LogP contribution in [0.5, 0.6) is 5.75 Å². The molecule has 0 spiro atoms. The number of benzene rings is 1. The number of fused-ring (bicyclic) bond motifs is 1. The lowest BCUT2D eigenvalue weighted by Gasteiger charge is -2.17. The highest BCUT2D eigenvalue weighted by Gasteiger charge is 2.16. The Labute approximate surface area is 172 Å². The lowest BCUT2D eigenvalue weighted by Crippen LogP contribution is -2.26. The van der Waals surface area contributed by atoms with Gasteiger partial charge >= 0.3 is 0 Å². The fourth-order valence-corrected chi connectivity index (χ4v) is 3.34. The van der Waals surface area contributed by atoms with E-state index in [1.165, 1.54) is 11.6 Å². The molecule has 0 aliphatic rings. The number of hydrogen-bond acceptors (Lipinski definition) is 5. The Kier molecular flexibility index (Phi) is 5.66. The zero-order valence-electron chi connectivity index (χ0n) is 16.5. The summed E-state index contributed by atoms with van der Waals surface area (Å²) in [5, 5.41) is 13.2. The largest absolute Gasteiger partial charge is 0.489 e. The van der Waals surface area contributed by atoms with E-state index >= 15 is 0 Å². The molecule has 1 aromatic carbocycles. The minimum absolute atomic E-state index is 0.0461. The van der Waals surface area contributed by atoms with Gasteiger partial charge in [-0.15, -0.1) is 0 Å². The zero-order valence-corrected chi connectivity index (χ0v) is 17.3. The number of aromatic amines is 1. The number of ether oxygens (including phenoxy) is 1. The van der Waals surface area contributed by atoms with Crippen molar-refractivity contribution in [3.05, 3.63) is 67.3 Å². The van der Waals surface area contributed by atoms with Crippen LogP contribution in [0.15, 0.2) is 39.9 Å². The van der Waals surface area contributed by atoms with Crippen LogP contribution >= 0.6 is 11.6 Å². The van der Waals surface area contributed by atoms with Crippen molar-refractivity contribution in [2.75, 3.05) is 5.32 Å². The summed E-state index contributed by atoms with van der Waals surface area (Å²) in [5.41, 5.74) is 0.860. The molecule has 1 atom stereocenters. The molecule has 8 heteroatoms. The summed E-state index contributed by atoms with van der Waals surface area (Å²) in [5.74, 6) is 0.504. The minimum atomic E-state index is -0.450. The first-order valence-corrected chi connectivity index (χ1v) is 9.49. The van der Waals surface area contributed by atoms with Gasteiger partial charge in [0.15, 0.2) is 0 Å². The number of halogens is 1. The third kappa shape index (κ3) is 3.98. The van der Waals surface area contributed by atoms with E-state index < -0.39 is 6.04 Å². The maximum absolute atomic E-state index is 12.7. The third-order valence-electron chi connectivity index (χ3n) is 4.57. The van der Waals surface area contributed by atoms with Crippen LogP contribution in [0.1, 0.15) is 38.1 Å². The molecule has 2 heterocycles. The van der Waals surface area contributed by atoms with E-state index in [0.29, 0.717) is 27.5 Å². The van der Waals surface area contributed by atoms with Crippen molar-refractivity contribution in [1.82, 2.24) is 9.55 Å². The minimum Gasteiger partial charge on any atom is -0.489 e. The molecule has 0 fully saturated rings. The number of nitriles is 1. The SMILES string of the molecule is CC(C)Oc1ccc2cc([C@H](C)Nc3ccc(C#N)n(C)c3=O)c(=O)[nH]c2c1Cl. The van der Waals surface area contributed by atoms with E-state index in [1.54, 1.807) is 31.2 Å². The Bertz CT molecular complexity index is 1240. The zero-order chi connectivity index (χ0) is 21.3. The van der Waals surface area contributed by atoms with Gasteiger partial charge in [-0.1, -0.05) is 11.6 Å². The van der Waals surface area contributed by atoms with Gasteiger partial charge < -0.3 is 19.6 Å². The molecule has 0 radical (unpaired) electrons. The van der Waals surface area contributed by atoms with Crippen LogP contribution in [0.4, 0.5) is 5.69 Å². The number of hydrogen-bond donors (Lipinski definition) is 2. The van der Waals surface area contributed by atoms with Gasteiger partial charge in [-0.2, -0.15) is 5.26 Å². The summed E-state index contributed by atoms with van der Waals surface area (Å²) in [7, 11) is 1.53. The molecule has 0 amide bonds. The summed E-state index contributed by atoms with van der Waals surface area (Å²) >= 11 is 6.40. The summed E-state index contributed by atoms with van der Waals surface area (Å²) in [6.45, 7) is 5.58.